The molecule has 0 aliphatic heterocycles. The van der Waals surface area contributed by atoms with Gasteiger partial charge in [0, 0.05) is 6.42 Å². The van der Waals surface area contributed by atoms with Crippen molar-refractivity contribution in [2.45, 2.75) is 61.7 Å². The summed E-state index contributed by atoms with van der Waals surface area (Å²) in [7, 11) is -2.29. The molecule has 1 unspecified atom stereocenters. The van der Waals surface area contributed by atoms with E-state index in [1.54, 1.807) is 24.3 Å². The summed E-state index contributed by atoms with van der Waals surface area (Å²) in [6.07, 6.45) is 2.86. The van der Waals surface area contributed by atoms with Gasteiger partial charge in [-0.3, -0.25) is 9.63 Å². The summed E-state index contributed by atoms with van der Waals surface area (Å²) >= 11 is 0. The second kappa shape index (κ2) is 13.2. The molecule has 0 radical (unpaired) electrons. The molecule has 0 heterocycles. The van der Waals surface area contributed by atoms with Gasteiger partial charge in [0.1, 0.15) is 5.75 Å². The van der Waals surface area contributed by atoms with Gasteiger partial charge in [0.05, 0.1) is 23.4 Å². The zero-order valence-electron chi connectivity index (χ0n) is 21.0. The maximum atomic E-state index is 13.9. The van der Waals surface area contributed by atoms with Crippen LogP contribution in [0.15, 0.2) is 89.8 Å². The number of methoxy groups -OCH3 is 1. The standard InChI is InChI=1S/C29H35NO5S/c1-3-29(21-11-10-14-24-12-6-4-7-13-24,36(32,33)27-19-17-26(34-2)18-20-27)22-28(31)30-35-23-25-15-8-5-9-16-25/h4-9,12-13,15-20H,3,10-11,14,21-23H2,1-2H3,(H,30,31). The Kier molecular flexibility index (Phi) is 10.1. The number of hydrogen-bond acceptors (Lipinski definition) is 5. The van der Waals surface area contributed by atoms with Gasteiger partial charge in [-0.1, -0.05) is 74.0 Å². The Bertz CT molecular complexity index is 1180. The Morgan fingerprint density at radius 2 is 1.47 bits per heavy atom. The topological polar surface area (TPSA) is 81.7 Å². The molecule has 36 heavy (non-hydrogen) atoms. The summed E-state index contributed by atoms with van der Waals surface area (Å²) in [5.41, 5.74) is 4.58. The predicted octanol–water partition coefficient (Wildman–Crippen LogP) is 5.67. The molecule has 0 aromatic heterocycles. The quantitative estimate of drug-likeness (QED) is 0.224. The van der Waals surface area contributed by atoms with Crippen LogP contribution < -0.4 is 10.2 Å². The lowest BCUT2D eigenvalue weighted by molar-refractivity contribution is -0.135. The summed E-state index contributed by atoms with van der Waals surface area (Å²) in [5, 5.41) is 0. The van der Waals surface area contributed by atoms with E-state index in [0.29, 0.717) is 25.0 Å². The van der Waals surface area contributed by atoms with Crippen LogP contribution in [0.1, 0.15) is 50.2 Å². The van der Waals surface area contributed by atoms with Crippen molar-refractivity contribution in [2.24, 2.45) is 0 Å². The fraction of sp³-hybridized carbons (Fsp3) is 0.345. The van der Waals surface area contributed by atoms with Crippen molar-refractivity contribution in [2.75, 3.05) is 7.11 Å². The van der Waals surface area contributed by atoms with E-state index in [1.165, 1.54) is 12.7 Å². The third-order valence-corrected chi connectivity index (χ3v) is 9.20. The number of rotatable bonds is 14. The van der Waals surface area contributed by atoms with Crippen molar-refractivity contribution < 1.29 is 22.8 Å². The molecular weight excluding hydrogens is 474 g/mol. The summed E-state index contributed by atoms with van der Waals surface area (Å²) in [6.45, 7) is 2.03. The molecule has 3 rings (SSSR count). The summed E-state index contributed by atoms with van der Waals surface area (Å²) in [6, 6.07) is 25.9. The zero-order valence-corrected chi connectivity index (χ0v) is 21.8. The second-order valence-electron chi connectivity index (χ2n) is 8.88. The molecule has 0 spiro atoms. The van der Waals surface area contributed by atoms with Crippen LogP contribution in [0.4, 0.5) is 0 Å². The number of benzene rings is 3. The van der Waals surface area contributed by atoms with Gasteiger partial charge in [-0.2, -0.15) is 0 Å². The van der Waals surface area contributed by atoms with Crippen LogP contribution in [-0.4, -0.2) is 26.2 Å². The minimum atomic E-state index is -3.83. The molecule has 1 atom stereocenters. The molecule has 1 N–H and O–H groups in total. The predicted molar refractivity (Wildman–Crippen MR) is 141 cm³/mol. The molecule has 0 saturated heterocycles. The van der Waals surface area contributed by atoms with E-state index in [0.717, 1.165) is 18.4 Å². The van der Waals surface area contributed by atoms with E-state index >= 15 is 0 Å². The number of unbranched alkanes of at least 4 members (excludes halogenated alkanes) is 1. The van der Waals surface area contributed by atoms with Crippen molar-refractivity contribution >= 4 is 15.7 Å². The number of ether oxygens (including phenoxy) is 1. The van der Waals surface area contributed by atoms with Crippen molar-refractivity contribution in [3.63, 3.8) is 0 Å². The Morgan fingerprint density at radius 3 is 2.06 bits per heavy atom. The monoisotopic (exact) mass is 509 g/mol. The Morgan fingerprint density at radius 1 is 0.861 bits per heavy atom. The first kappa shape index (κ1) is 27.4. The number of hydroxylamine groups is 1. The fourth-order valence-electron chi connectivity index (χ4n) is 4.34. The van der Waals surface area contributed by atoms with Gasteiger partial charge in [0.2, 0.25) is 5.91 Å². The van der Waals surface area contributed by atoms with Crippen LogP contribution >= 0.6 is 0 Å². The molecule has 0 fully saturated rings. The molecular formula is C29H35NO5S. The number of carbonyl (C=O) groups is 1. The van der Waals surface area contributed by atoms with E-state index in [-0.39, 0.29) is 17.9 Å². The van der Waals surface area contributed by atoms with Gasteiger partial charge in [0.25, 0.3) is 0 Å². The average Bonchev–Trinajstić information content (AvgIpc) is 2.91. The maximum Gasteiger partial charge on any atom is 0.245 e. The highest BCUT2D eigenvalue weighted by Gasteiger charge is 2.44. The highest BCUT2D eigenvalue weighted by Crippen LogP contribution is 2.37. The lowest BCUT2D eigenvalue weighted by Crippen LogP contribution is -2.43. The van der Waals surface area contributed by atoms with Crippen LogP contribution in [0, 0.1) is 0 Å². The number of aryl methyl sites for hydroxylation is 1. The van der Waals surface area contributed by atoms with Gasteiger partial charge < -0.3 is 4.74 Å². The molecule has 192 valence electrons. The first-order valence-electron chi connectivity index (χ1n) is 12.3. The first-order valence-corrected chi connectivity index (χ1v) is 13.8. The van der Waals surface area contributed by atoms with E-state index in [1.807, 2.05) is 55.5 Å². The molecule has 1 amide bonds. The summed E-state index contributed by atoms with van der Waals surface area (Å²) in [5.74, 6) is 0.124. The zero-order chi connectivity index (χ0) is 25.9. The molecule has 0 aliphatic rings. The van der Waals surface area contributed by atoms with Crippen LogP contribution in [0.25, 0.3) is 0 Å². The first-order chi connectivity index (χ1) is 17.4. The van der Waals surface area contributed by atoms with E-state index < -0.39 is 20.5 Å². The normalized spacial score (nSPS) is 13.1. The molecule has 0 aliphatic carbocycles. The largest absolute Gasteiger partial charge is 0.497 e. The third kappa shape index (κ3) is 7.18. The number of hydrogen-bond donors (Lipinski definition) is 1. The SMILES string of the molecule is CCC(CCCCc1ccccc1)(CC(=O)NOCc1ccccc1)S(=O)(=O)c1ccc(OC)cc1. The van der Waals surface area contributed by atoms with Crippen molar-refractivity contribution in [3.8, 4) is 5.75 Å². The number of carbonyl (C=O) groups excluding carboxylic acids is 1. The van der Waals surface area contributed by atoms with Crippen LogP contribution in [0.3, 0.4) is 0 Å². The Hall–Kier alpha value is -3.16. The molecule has 0 saturated carbocycles. The summed E-state index contributed by atoms with van der Waals surface area (Å²) < 4.78 is 31.8. The third-order valence-electron chi connectivity index (χ3n) is 6.53. The highest BCUT2D eigenvalue weighted by molar-refractivity contribution is 7.92. The van der Waals surface area contributed by atoms with Gasteiger partial charge in [0.15, 0.2) is 9.84 Å². The smallest absolute Gasteiger partial charge is 0.245 e. The minimum Gasteiger partial charge on any atom is -0.497 e. The second-order valence-corrected chi connectivity index (χ2v) is 11.2. The molecule has 0 bridgehead atoms. The van der Waals surface area contributed by atoms with Crippen molar-refractivity contribution in [1.82, 2.24) is 5.48 Å². The maximum absolute atomic E-state index is 13.9. The van der Waals surface area contributed by atoms with E-state index in [9.17, 15) is 13.2 Å². The minimum absolute atomic E-state index is 0.183. The van der Waals surface area contributed by atoms with E-state index in [2.05, 4.69) is 17.6 Å². The Balaban J connectivity index is 1.74. The molecule has 3 aromatic rings. The molecule has 6 nitrogen and oxygen atoms in total. The van der Waals surface area contributed by atoms with Crippen molar-refractivity contribution in [1.29, 1.82) is 0 Å². The Labute approximate surface area is 214 Å². The lowest BCUT2D eigenvalue weighted by atomic mass is 9.93. The number of sulfone groups is 1. The fourth-order valence-corrected chi connectivity index (χ4v) is 6.45. The van der Waals surface area contributed by atoms with Crippen LogP contribution in [0.2, 0.25) is 0 Å². The number of amides is 1. The highest BCUT2D eigenvalue weighted by atomic mass is 32.2. The van der Waals surface area contributed by atoms with Gasteiger partial charge >= 0.3 is 0 Å². The van der Waals surface area contributed by atoms with Gasteiger partial charge in [-0.25, -0.2) is 13.9 Å². The van der Waals surface area contributed by atoms with Gasteiger partial charge in [-0.05, 0) is 61.1 Å². The van der Waals surface area contributed by atoms with Crippen molar-refractivity contribution in [3.05, 3.63) is 96.1 Å². The lowest BCUT2D eigenvalue weighted by Gasteiger charge is -2.32. The van der Waals surface area contributed by atoms with Crippen LogP contribution in [-0.2, 0) is 32.5 Å². The molecule has 7 heteroatoms. The molecule has 3 aromatic carbocycles. The average molecular weight is 510 g/mol. The van der Waals surface area contributed by atoms with Crippen LogP contribution in [0.5, 0.6) is 5.75 Å². The van der Waals surface area contributed by atoms with E-state index in [4.69, 9.17) is 9.57 Å². The summed E-state index contributed by atoms with van der Waals surface area (Å²) in [4.78, 5) is 18.5. The number of nitrogens with one attached hydrogen (secondary N) is 1. The van der Waals surface area contributed by atoms with Gasteiger partial charge in [-0.15, -0.1) is 0 Å².